The molecule has 0 aromatic heterocycles. The molecule has 0 spiro atoms. The van der Waals surface area contributed by atoms with Crippen LogP contribution in [0.5, 0.6) is 0 Å². The fourth-order valence-corrected chi connectivity index (χ4v) is 3.06. The van der Waals surface area contributed by atoms with Crippen LogP contribution in [-0.2, 0) is 20.7 Å². The Morgan fingerprint density at radius 3 is 2.37 bits per heavy atom. The number of carbonyl (C=O) groups excluding carboxylic acids is 2. The van der Waals surface area contributed by atoms with Gasteiger partial charge in [-0.1, -0.05) is 30.3 Å². The molecule has 1 saturated heterocycles. The summed E-state index contributed by atoms with van der Waals surface area (Å²) in [5.41, 5.74) is 0.431. The van der Waals surface area contributed by atoms with Gasteiger partial charge in [0, 0.05) is 19.6 Å². The SMILES string of the molecule is CC(C)(C)OC(=O)N1C[C@H](C(=O)O)C[C@H](C(=O)NCCc2ccccc2)C1. The first-order valence-corrected chi connectivity index (χ1v) is 9.18. The van der Waals surface area contributed by atoms with Crippen LogP contribution in [-0.4, -0.2) is 53.2 Å². The van der Waals surface area contributed by atoms with Crippen LogP contribution in [0.3, 0.4) is 0 Å². The third-order valence-corrected chi connectivity index (χ3v) is 4.38. The fraction of sp³-hybridized carbons (Fsp3) is 0.550. The minimum Gasteiger partial charge on any atom is -0.481 e. The van der Waals surface area contributed by atoms with Gasteiger partial charge in [0.2, 0.25) is 5.91 Å². The lowest BCUT2D eigenvalue weighted by atomic mass is 9.88. The van der Waals surface area contributed by atoms with Crippen LogP contribution >= 0.6 is 0 Å². The second kappa shape index (κ2) is 8.88. The summed E-state index contributed by atoms with van der Waals surface area (Å²) in [5, 5.41) is 12.2. The monoisotopic (exact) mass is 376 g/mol. The minimum absolute atomic E-state index is 0.0536. The van der Waals surface area contributed by atoms with Crippen LogP contribution in [0.4, 0.5) is 4.79 Å². The molecule has 1 aromatic rings. The number of nitrogens with one attached hydrogen (secondary N) is 1. The van der Waals surface area contributed by atoms with Gasteiger partial charge in [0.1, 0.15) is 5.60 Å². The van der Waals surface area contributed by atoms with Gasteiger partial charge in [0.05, 0.1) is 11.8 Å². The molecule has 1 fully saturated rings. The summed E-state index contributed by atoms with van der Waals surface area (Å²) < 4.78 is 5.33. The number of nitrogens with zero attached hydrogens (tertiary/aromatic N) is 1. The zero-order valence-corrected chi connectivity index (χ0v) is 16.1. The van der Waals surface area contributed by atoms with E-state index in [2.05, 4.69) is 5.32 Å². The van der Waals surface area contributed by atoms with Crippen LogP contribution in [0.25, 0.3) is 0 Å². The van der Waals surface area contributed by atoms with Crippen LogP contribution in [0, 0.1) is 11.8 Å². The number of benzene rings is 1. The Labute approximate surface area is 159 Å². The van der Waals surface area contributed by atoms with Crippen molar-refractivity contribution in [1.82, 2.24) is 10.2 Å². The van der Waals surface area contributed by atoms with Crippen molar-refractivity contribution in [3.05, 3.63) is 35.9 Å². The summed E-state index contributed by atoms with van der Waals surface area (Å²) in [6, 6.07) is 9.78. The first-order chi connectivity index (χ1) is 12.7. The van der Waals surface area contributed by atoms with Crippen LogP contribution in [0.2, 0.25) is 0 Å². The largest absolute Gasteiger partial charge is 0.481 e. The van der Waals surface area contributed by atoms with Crippen LogP contribution in [0.1, 0.15) is 32.8 Å². The molecule has 1 aromatic carbocycles. The number of likely N-dealkylation sites (tertiary alicyclic amines) is 1. The normalized spacial score (nSPS) is 20.0. The zero-order valence-electron chi connectivity index (χ0n) is 16.1. The van der Waals surface area contributed by atoms with Gasteiger partial charge < -0.3 is 20.1 Å². The second-order valence-electron chi connectivity index (χ2n) is 7.88. The molecule has 7 heteroatoms. The maximum Gasteiger partial charge on any atom is 0.410 e. The Hall–Kier alpha value is -2.57. The topological polar surface area (TPSA) is 95.9 Å². The van der Waals surface area contributed by atoms with Crippen LogP contribution < -0.4 is 5.32 Å². The Balaban J connectivity index is 1.95. The van der Waals surface area contributed by atoms with Gasteiger partial charge in [-0.05, 0) is 39.2 Å². The molecular formula is C20H28N2O5. The minimum atomic E-state index is -1.01. The van der Waals surface area contributed by atoms with Crippen molar-refractivity contribution in [1.29, 1.82) is 0 Å². The van der Waals surface area contributed by atoms with E-state index in [0.29, 0.717) is 13.0 Å². The molecule has 2 amide bonds. The quantitative estimate of drug-likeness (QED) is 0.822. The van der Waals surface area contributed by atoms with E-state index in [4.69, 9.17) is 4.74 Å². The molecule has 2 rings (SSSR count). The number of carboxylic acids is 1. The molecule has 1 aliphatic heterocycles. The van der Waals surface area contributed by atoms with E-state index in [1.165, 1.54) is 4.90 Å². The molecule has 0 radical (unpaired) electrons. The third-order valence-electron chi connectivity index (χ3n) is 4.38. The Morgan fingerprint density at radius 2 is 1.78 bits per heavy atom. The summed E-state index contributed by atoms with van der Waals surface area (Å²) in [5.74, 6) is -2.59. The van der Waals surface area contributed by atoms with E-state index in [-0.39, 0.29) is 25.4 Å². The zero-order chi connectivity index (χ0) is 20.0. The van der Waals surface area contributed by atoms with E-state index >= 15 is 0 Å². The van der Waals surface area contributed by atoms with E-state index in [1.807, 2.05) is 30.3 Å². The molecule has 1 heterocycles. The molecule has 27 heavy (non-hydrogen) atoms. The van der Waals surface area contributed by atoms with Crippen molar-refractivity contribution in [3.63, 3.8) is 0 Å². The van der Waals surface area contributed by atoms with Gasteiger partial charge in [-0.2, -0.15) is 0 Å². The number of rotatable bonds is 5. The van der Waals surface area contributed by atoms with Crippen LogP contribution in [0.15, 0.2) is 30.3 Å². The molecule has 1 aliphatic rings. The summed E-state index contributed by atoms with van der Waals surface area (Å²) in [4.78, 5) is 37.6. The number of hydrogen-bond acceptors (Lipinski definition) is 4. The fourth-order valence-electron chi connectivity index (χ4n) is 3.06. The molecule has 2 N–H and O–H groups in total. The molecule has 0 aliphatic carbocycles. The van der Waals surface area contributed by atoms with Crippen molar-refractivity contribution >= 4 is 18.0 Å². The number of aliphatic carboxylic acids is 1. The number of ether oxygens (including phenoxy) is 1. The summed E-state index contributed by atoms with van der Waals surface area (Å²) >= 11 is 0. The van der Waals surface area contributed by atoms with Gasteiger partial charge in [0.15, 0.2) is 0 Å². The molecule has 2 atom stereocenters. The predicted molar refractivity (Wildman–Crippen MR) is 100 cm³/mol. The molecule has 148 valence electrons. The van der Waals surface area contributed by atoms with E-state index < -0.39 is 29.5 Å². The van der Waals surface area contributed by atoms with Gasteiger partial charge in [0.25, 0.3) is 0 Å². The molecular weight excluding hydrogens is 348 g/mol. The highest BCUT2D eigenvalue weighted by molar-refractivity contribution is 5.82. The third kappa shape index (κ3) is 6.58. The average Bonchev–Trinajstić information content (AvgIpc) is 2.60. The van der Waals surface area contributed by atoms with Crippen molar-refractivity contribution in [2.45, 2.75) is 39.2 Å². The highest BCUT2D eigenvalue weighted by atomic mass is 16.6. The number of hydrogen-bond donors (Lipinski definition) is 2. The lowest BCUT2D eigenvalue weighted by Crippen LogP contribution is -2.51. The number of piperidine rings is 1. The molecule has 7 nitrogen and oxygen atoms in total. The van der Waals surface area contributed by atoms with Crippen molar-refractivity contribution in [2.75, 3.05) is 19.6 Å². The highest BCUT2D eigenvalue weighted by Crippen LogP contribution is 2.24. The second-order valence-corrected chi connectivity index (χ2v) is 7.88. The smallest absolute Gasteiger partial charge is 0.410 e. The first-order valence-electron chi connectivity index (χ1n) is 9.18. The number of amides is 2. The lowest BCUT2D eigenvalue weighted by Gasteiger charge is -2.36. The Kier molecular flexibility index (Phi) is 6.82. The van der Waals surface area contributed by atoms with Crippen molar-refractivity contribution in [2.24, 2.45) is 11.8 Å². The van der Waals surface area contributed by atoms with E-state index in [9.17, 15) is 19.5 Å². The Morgan fingerprint density at radius 1 is 1.15 bits per heavy atom. The van der Waals surface area contributed by atoms with Gasteiger partial charge in [-0.15, -0.1) is 0 Å². The van der Waals surface area contributed by atoms with Gasteiger partial charge in [-0.3, -0.25) is 9.59 Å². The standard InChI is InChI=1S/C20H28N2O5/c1-20(2,3)27-19(26)22-12-15(11-16(13-22)18(24)25)17(23)21-10-9-14-7-5-4-6-8-14/h4-8,15-16H,9-13H2,1-3H3,(H,21,23)(H,24,25)/t15-,16+/m0/s1. The molecule has 0 saturated carbocycles. The molecule has 0 unspecified atom stereocenters. The summed E-state index contributed by atoms with van der Waals surface area (Å²) in [6.45, 7) is 5.92. The predicted octanol–water partition coefficient (Wildman–Crippen LogP) is 2.30. The van der Waals surface area contributed by atoms with Gasteiger partial charge in [-0.25, -0.2) is 4.79 Å². The van der Waals surface area contributed by atoms with Crippen molar-refractivity contribution < 1.29 is 24.2 Å². The number of carbonyl (C=O) groups is 3. The Bertz CT molecular complexity index is 669. The van der Waals surface area contributed by atoms with E-state index in [0.717, 1.165) is 5.56 Å². The summed E-state index contributed by atoms with van der Waals surface area (Å²) in [7, 11) is 0. The average molecular weight is 376 g/mol. The maximum atomic E-state index is 12.5. The van der Waals surface area contributed by atoms with Crippen molar-refractivity contribution in [3.8, 4) is 0 Å². The highest BCUT2D eigenvalue weighted by Gasteiger charge is 2.38. The lowest BCUT2D eigenvalue weighted by molar-refractivity contribution is -0.145. The molecule has 0 bridgehead atoms. The van der Waals surface area contributed by atoms with E-state index in [1.54, 1.807) is 20.8 Å². The maximum absolute atomic E-state index is 12.5. The first kappa shape index (κ1) is 20.7. The number of carboxylic acid groups (broad SMARTS) is 1. The summed E-state index contributed by atoms with van der Waals surface area (Å²) in [6.07, 6.45) is 0.319. The van der Waals surface area contributed by atoms with Gasteiger partial charge >= 0.3 is 12.1 Å².